The van der Waals surface area contributed by atoms with Gasteiger partial charge < -0.3 is 5.32 Å². The third-order valence-corrected chi connectivity index (χ3v) is 4.59. The largest absolute Gasteiger partial charge is 0.316 e. The van der Waals surface area contributed by atoms with E-state index in [4.69, 9.17) is 0 Å². The zero-order valence-corrected chi connectivity index (χ0v) is 9.98. The van der Waals surface area contributed by atoms with E-state index in [1.807, 2.05) is 11.8 Å². The SMILES string of the molecule is c1cn2cc(CSCC3CNC3)nc2s1. The molecule has 3 nitrogen and oxygen atoms in total. The van der Waals surface area contributed by atoms with Crippen LogP contribution in [0.5, 0.6) is 0 Å². The van der Waals surface area contributed by atoms with Gasteiger partial charge in [-0.25, -0.2) is 4.98 Å². The number of thiazole rings is 1. The first-order chi connectivity index (χ1) is 7.42. The van der Waals surface area contributed by atoms with Crippen molar-refractivity contribution >= 4 is 28.1 Å². The van der Waals surface area contributed by atoms with Crippen LogP contribution in [0.4, 0.5) is 0 Å². The van der Waals surface area contributed by atoms with E-state index in [-0.39, 0.29) is 0 Å². The average Bonchev–Trinajstić information content (AvgIpc) is 2.68. The second kappa shape index (κ2) is 4.15. The molecule has 2 aromatic heterocycles. The Hall–Kier alpha value is -0.520. The number of thioether (sulfide) groups is 1. The summed E-state index contributed by atoms with van der Waals surface area (Å²) in [6.45, 7) is 2.40. The Balaban J connectivity index is 1.55. The van der Waals surface area contributed by atoms with Gasteiger partial charge in [0.05, 0.1) is 5.69 Å². The first kappa shape index (κ1) is 9.69. The van der Waals surface area contributed by atoms with Crippen molar-refractivity contribution in [3.63, 3.8) is 0 Å². The zero-order chi connectivity index (χ0) is 10.1. The van der Waals surface area contributed by atoms with E-state index in [1.165, 1.54) is 24.5 Å². The molecule has 2 aromatic rings. The maximum Gasteiger partial charge on any atom is 0.193 e. The van der Waals surface area contributed by atoms with Crippen LogP contribution in [0.1, 0.15) is 5.69 Å². The van der Waals surface area contributed by atoms with Crippen molar-refractivity contribution in [2.24, 2.45) is 5.92 Å². The van der Waals surface area contributed by atoms with E-state index >= 15 is 0 Å². The van der Waals surface area contributed by atoms with Crippen LogP contribution >= 0.6 is 23.1 Å². The van der Waals surface area contributed by atoms with Crippen LogP contribution in [0.25, 0.3) is 4.96 Å². The lowest BCUT2D eigenvalue weighted by atomic mass is 10.1. The minimum Gasteiger partial charge on any atom is -0.316 e. The number of rotatable bonds is 4. The van der Waals surface area contributed by atoms with Crippen molar-refractivity contribution in [3.8, 4) is 0 Å². The highest BCUT2D eigenvalue weighted by Crippen LogP contribution is 2.19. The molecule has 1 aliphatic heterocycles. The van der Waals surface area contributed by atoms with Crippen molar-refractivity contribution in [1.29, 1.82) is 0 Å². The van der Waals surface area contributed by atoms with Gasteiger partial charge in [-0.3, -0.25) is 4.40 Å². The molecule has 0 saturated carbocycles. The van der Waals surface area contributed by atoms with Gasteiger partial charge in [-0.2, -0.15) is 11.8 Å². The molecule has 1 saturated heterocycles. The molecule has 0 aliphatic carbocycles. The molecule has 0 radical (unpaired) electrons. The molecule has 0 unspecified atom stereocenters. The van der Waals surface area contributed by atoms with Gasteiger partial charge in [0.15, 0.2) is 4.96 Å². The Morgan fingerprint density at radius 3 is 3.27 bits per heavy atom. The molecule has 3 rings (SSSR count). The fourth-order valence-corrected chi connectivity index (χ4v) is 3.40. The van der Waals surface area contributed by atoms with Crippen molar-refractivity contribution in [2.75, 3.05) is 18.8 Å². The summed E-state index contributed by atoms with van der Waals surface area (Å²) in [6.07, 6.45) is 4.20. The number of imidazole rings is 1. The van der Waals surface area contributed by atoms with Crippen molar-refractivity contribution < 1.29 is 0 Å². The Labute approximate surface area is 96.9 Å². The molecule has 1 aliphatic rings. The normalized spacial score (nSPS) is 17.1. The molecule has 1 N–H and O–H groups in total. The number of nitrogens with zero attached hydrogens (tertiary/aromatic N) is 2. The maximum absolute atomic E-state index is 4.56. The van der Waals surface area contributed by atoms with Gasteiger partial charge in [0, 0.05) is 23.5 Å². The van der Waals surface area contributed by atoms with Crippen molar-refractivity contribution in [2.45, 2.75) is 5.75 Å². The van der Waals surface area contributed by atoms with E-state index in [0.29, 0.717) is 0 Å². The van der Waals surface area contributed by atoms with Gasteiger partial charge in [-0.15, -0.1) is 11.3 Å². The minimum atomic E-state index is 0.888. The van der Waals surface area contributed by atoms with E-state index in [2.05, 4.69) is 32.5 Å². The summed E-state index contributed by atoms with van der Waals surface area (Å²) in [4.78, 5) is 5.67. The van der Waals surface area contributed by atoms with Crippen LogP contribution in [0.15, 0.2) is 17.8 Å². The molecule has 0 aromatic carbocycles. The Morgan fingerprint density at radius 1 is 1.60 bits per heavy atom. The quantitative estimate of drug-likeness (QED) is 0.883. The molecular formula is C10H13N3S2. The summed E-state index contributed by atoms with van der Waals surface area (Å²) in [5.74, 6) is 3.20. The third-order valence-electron chi connectivity index (χ3n) is 2.61. The molecule has 80 valence electrons. The standard InChI is InChI=1S/C10H13N3S2/c1-2-15-10-12-9(5-13(1)10)7-14-6-8-3-11-4-8/h1-2,5,8,11H,3-4,6-7H2. The summed E-state index contributed by atoms with van der Waals surface area (Å²) in [6, 6.07) is 0. The lowest BCUT2D eigenvalue weighted by molar-refractivity contribution is 0.385. The highest BCUT2D eigenvalue weighted by molar-refractivity contribution is 7.98. The van der Waals surface area contributed by atoms with Crippen LogP contribution in [-0.2, 0) is 5.75 Å². The fraction of sp³-hybridized carbons (Fsp3) is 0.500. The van der Waals surface area contributed by atoms with E-state index in [1.54, 1.807) is 11.3 Å². The van der Waals surface area contributed by atoms with E-state index in [9.17, 15) is 0 Å². The van der Waals surface area contributed by atoms with Gasteiger partial charge >= 0.3 is 0 Å². The molecule has 3 heterocycles. The summed E-state index contributed by atoms with van der Waals surface area (Å²) in [5, 5.41) is 5.36. The van der Waals surface area contributed by atoms with Crippen LogP contribution in [0.2, 0.25) is 0 Å². The van der Waals surface area contributed by atoms with Crippen molar-refractivity contribution in [1.82, 2.24) is 14.7 Å². The highest BCUT2D eigenvalue weighted by atomic mass is 32.2. The topological polar surface area (TPSA) is 29.3 Å². The van der Waals surface area contributed by atoms with E-state index in [0.717, 1.165) is 16.6 Å². The van der Waals surface area contributed by atoms with Crippen LogP contribution < -0.4 is 5.32 Å². The molecule has 15 heavy (non-hydrogen) atoms. The lowest BCUT2D eigenvalue weighted by Crippen LogP contribution is -2.43. The number of fused-ring (bicyclic) bond motifs is 1. The lowest BCUT2D eigenvalue weighted by Gasteiger charge is -2.26. The highest BCUT2D eigenvalue weighted by Gasteiger charge is 2.16. The van der Waals surface area contributed by atoms with Gasteiger partial charge in [0.25, 0.3) is 0 Å². The summed E-state index contributed by atoms with van der Waals surface area (Å²) < 4.78 is 2.10. The Morgan fingerprint density at radius 2 is 2.53 bits per heavy atom. The molecule has 0 spiro atoms. The summed E-state index contributed by atoms with van der Waals surface area (Å²) in [7, 11) is 0. The van der Waals surface area contributed by atoms with Crippen LogP contribution in [0, 0.1) is 5.92 Å². The molecular weight excluding hydrogens is 226 g/mol. The fourth-order valence-electron chi connectivity index (χ4n) is 1.64. The number of nitrogens with one attached hydrogen (secondary N) is 1. The molecule has 0 atom stereocenters. The number of hydrogen-bond donors (Lipinski definition) is 1. The average molecular weight is 239 g/mol. The number of hydrogen-bond acceptors (Lipinski definition) is 4. The van der Waals surface area contributed by atoms with Gasteiger partial charge in [0.1, 0.15) is 0 Å². The van der Waals surface area contributed by atoms with Gasteiger partial charge in [-0.1, -0.05) is 0 Å². The maximum atomic E-state index is 4.56. The smallest absolute Gasteiger partial charge is 0.193 e. The predicted molar refractivity (Wildman–Crippen MR) is 65.6 cm³/mol. The second-order valence-electron chi connectivity index (χ2n) is 3.86. The van der Waals surface area contributed by atoms with Gasteiger partial charge in [-0.05, 0) is 24.8 Å². The molecule has 5 heteroatoms. The third kappa shape index (κ3) is 2.04. The molecule has 0 bridgehead atoms. The van der Waals surface area contributed by atoms with E-state index < -0.39 is 0 Å². The number of aromatic nitrogens is 2. The zero-order valence-electron chi connectivity index (χ0n) is 8.35. The Bertz CT molecular complexity index is 416. The molecule has 1 fully saturated rings. The van der Waals surface area contributed by atoms with Crippen molar-refractivity contribution in [3.05, 3.63) is 23.5 Å². The minimum absolute atomic E-state index is 0.888. The predicted octanol–water partition coefficient (Wildman–Crippen LogP) is 1.85. The summed E-state index contributed by atoms with van der Waals surface area (Å²) in [5.41, 5.74) is 1.21. The second-order valence-corrected chi connectivity index (χ2v) is 5.77. The first-order valence-corrected chi connectivity index (χ1v) is 7.15. The first-order valence-electron chi connectivity index (χ1n) is 5.11. The monoisotopic (exact) mass is 239 g/mol. The Kier molecular flexibility index (Phi) is 2.68. The molecule has 0 amide bonds. The van der Waals surface area contributed by atoms with Gasteiger partial charge in [0.2, 0.25) is 0 Å². The van der Waals surface area contributed by atoms with Crippen LogP contribution in [0.3, 0.4) is 0 Å². The van der Waals surface area contributed by atoms with Crippen LogP contribution in [-0.4, -0.2) is 28.2 Å². The summed E-state index contributed by atoms with van der Waals surface area (Å²) >= 11 is 3.69.